The van der Waals surface area contributed by atoms with Crippen molar-refractivity contribution >= 4 is 11.8 Å². The van der Waals surface area contributed by atoms with Crippen molar-refractivity contribution in [3.05, 3.63) is 11.3 Å². The molecule has 0 bridgehead atoms. The van der Waals surface area contributed by atoms with Gasteiger partial charge in [0.05, 0.1) is 17.9 Å². The Kier molecular flexibility index (Phi) is 3.68. The summed E-state index contributed by atoms with van der Waals surface area (Å²) in [5.41, 5.74) is 8.55. The summed E-state index contributed by atoms with van der Waals surface area (Å²) in [6, 6.07) is 0. The van der Waals surface area contributed by atoms with E-state index >= 15 is 0 Å². The van der Waals surface area contributed by atoms with Gasteiger partial charge in [0.25, 0.3) is 0 Å². The van der Waals surface area contributed by atoms with Crippen molar-refractivity contribution in [3.8, 4) is 0 Å². The molecule has 1 saturated heterocycles. The van der Waals surface area contributed by atoms with Crippen molar-refractivity contribution in [3.63, 3.8) is 0 Å². The summed E-state index contributed by atoms with van der Waals surface area (Å²) < 4.78 is 6.22. The predicted octanol–water partition coefficient (Wildman–Crippen LogP) is 2.48. The molecule has 0 atom stereocenters. The second kappa shape index (κ2) is 5.69. The number of aromatic nitrogens is 2. The molecule has 0 aromatic carbocycles. The fraction of sp³-hybridized carbons (Fsp3) is 0.765. The molecule has 120 valence electrons. The Morgan fingerprint density at radius 1 is 1.00 bits per heavy atom. The van der Waals surface area contributed by atoms with Gasteiger partial charge >= 0.3 is 0 Å². The number of nitrogen functional groups attached to an aromatic ring is 1. The molecule has 1 aromatic rings. The first-order valence-electron chi connectivity index (χ1n) is 8.80. The van der Waals surface area contributed by atoms with Crippen LogP contribution < -0.4 is 10.6 Å². The van der Waals surface area contributed by atoms with E-state index < -0.39 is 0 Å². The SMILES string of the molecule is Nc1nc2c(c(N3CCOC4(CCCCC4)C3)n1)CCCC2. The largest absolute Gasteiger partial charge is 0.371 e. The number of ether oxygens (including phenoxy) is 1. The Morgan fingerprint density at radius 2 is 1.82 bits per heavy atom. The lowest BCUT2D eigenvalue weighted by molar-refractivity contribution is -0.0784. The van der Waals surface area contributed by atoms with Crippen LogP contribution in [0, 0.1) is 0 Å². The molecule has 0 unspecified atom stereocenters. The number of anilines is 2. The average molecular weight is 302 g/mol. The summed E-state index contributed by atoms with van der Waals surface area (Å²) >= 11 is 0. The second-order valence-electron chi connectivity index (χ2n) is 7.05. The molecular formula is C17H26N4O. The molecular weight excluding hydrogens is 276 g/mol. The minimum atomic E-state index is 0.0533. The number of aryl methyl sites for hydroxylation is 1. The Labute approximate surface area is 132 Å². The molecule has 1 saturated carbocycles. The summed E-state index contributed by atoms with van der Waals surface area (Å²) in [6.45, 7) is 2.69. The molecule has 2 aliphatic carbocycles. The van der Waals surface area contributed by atoms with Crippen molar-refractivity contribution in [2.45, 2.75) is 63.4 Å². The van der Waals surface area contributed by atoms with Gasteiger partial charge in [-0.1, -0.05) is 19.3 Å². The van der Waals surface area contributed by atoms with E-state index in [0.717, 1.165) is 38.4 Å². The third-order valence-corrected chi connectivity index (χ3v) is 5.49. The van der Waals surface area contributed by atoms with E-state index in [-0.39, 0.29) is 5.60 Å². The third-order valence-electron chi connectivity index (χ3n) is 5.49. The molecule has 1 aromatic heterocycles. The number of fused-ring (bicyclic) bond motifs is 1. The molecule has 5 heteroatoms. The van der Waals surface area contributed by atoms with Gasteiger partial charge in [0.2, 0.25) is 5.95 Å². The maximum atomic E-state index is 6.22. The van der Waals surface area contributed by atoms with Crippen LogP contribution in [0.3, 0.4) is 0 Å². The van der Waals surface area contributed by atoms with Crippen molar-refractivity contribution < 1.29 is 4.74 Å². The van der Waals surface area contributed by atoms with Gasteiger partial charge < -0.3 is 15.4 Å². The van der Waals surface area contributed by atoms with E-state index in [1.807, 2.05) is 0 Å². The number of rotatable bonds is 1. The summed E-state index contributed by atoms with van der Waals surface area (Å²) in [6.07, 6.45) is 10.9. The topological polar surface area (TPSA) is 64.3 Å². The maximum absolute atomic E-state index is 6.22. The first-order valence-corrected chi connectivity index (χ1v) is 8.80. The molecule has 3 aliphatic rings. The van der Waals surface area contributed by atoms with Crippen molar-refractivity contribution in [1.82, 2.24) is 9.97 Å². The Bertz CT molecular complexity index is 548. The third kappa shape index (κ3) is 2.56. The van der Waals surface area contributed by atoms with Crippen molar-refractivity contribution in [1.29, 1.82) is 0 Å². The minimum Gasteiger partial charge on any atom is -0.371 e. The van der Waals surface area contributed by atoms with Crippen LogP contribution in [0.25, 0.3) is 0 Å². The van der Waals surface area contributed by atoms with E-state index in [9.17, 15) is 0 Å². The second-order valence-corrected chi connectivity index (χ2v) is 7.05. The van der Waals surface area contributed by atoms with Crippen molar-refractivity contribution in [2.75, 3.05) is 30.3 Å². The molecule has 2 N–H and O–H groups in total. The highest BCUT2D eigenvalue weighted by molar-refractivity contribution is 5.53. The molecule has 4 rings (SSSR count). The highest BCUT2D eigenvalue weighted by Crippen LogP contribution is 2.37. The van der Waals surface area contributed by atoms with E-state index in [2.05, 4.69) is 14.9 Å². The monoisotopic (exact) mass is 302 g/mol. The first kappa shape index (κ1) is 14.2. The minimum absolute atomic E-state index is 0.0533. The number of morpholine rings is 1. The average Bonchev–Trinajstić information content (AvgIpc) is 2.55. The van der Waals surface area contributed by atoms with Gasteiger partial charge in [-0.25, -0.2) is 4.98 Å². The molecule has 2 fully saturated rings. The predicted molar refractivity (Wildman–Crippen MR) is 87.1 cm³/mol. The summed E-state index contributed by atoms with van der Waals surface area (Å²) in [5.74, 6) is 1.52. The van der Waals surface area contributed by atoms with Gasteiger partial charge in [-0.3, -0.25) is 0 Å². The van der Waals surface area contributed by atoms with Gasteiger partial charge in [0.15, 0.2) is 0 Å². The molecule has 1 aliphatic heterocycles. The normalized spacial score (nSPS) is 24.3. The molecule has 0 radical (unpaired) electrons. The zero-order valence-corrected chi connectivity index (χ0v) is 13.3. The van der Waals surface area contributed by atoms with Crippen LogP contribution in [0.2, 0.25) is 0 Å². The van der Waals surface area contributed by atoms with Gasteiger partial charge in [0, 0.05) is 18.7 Å². The van der Waals surface area contributed by atoms with Crippen LogP contribution in [-0.2, 0) is 17.6 Å². The fourth-order valence-electron chi connectivity index (χ4n) is 4.38. The zero-order valence-electron chi connectivity index (χ0n) is 13.3. The van der Waals surface area contributed by atoms with Gasteiger partial charge in [-0.15, -0.1) is 0 Å². The molecule has 2 heterocycles. The lowest BCUT2D eigenvalue weighted by atomic mass is 9.83. The molecule has 22 heavy (non-hydrogen) atoms. The van der Waals surface area contributed by atoms with Crippen LogP contribution in [0.4, 0.5) is 11.8 Å². The highest BCUT2D eigenvalue weighted by Gasteiger charge is 2.39. The van der Waals surface area contributed by atoms with E-state index in [1.165, 1.54) is 56.2 Å². The van der Waals surface area contributed by atoms with Crippen LogP contribution in [0.1, 0.15) is 56.2 Å². The Balaban J connectivity index is 1.65. The highest BCUT2D eigenvalue weighted by atomic mass is 16.5. The lowest BCUT2D eigenvalue weighted by Crippen LogP contribution is -2.53. The Morgan fingerprint density at radius 3 is 2.68 bits per heavy atom. The quantitative estimate of drug-likeness (QED) is 0.863. The summed E-state index contributed by atoms with van der Waals surface area (Å²) in [7, 11) is 0. The van der Waals surface area contributed by atoms with E-state index in [4.69, 9.17) is 10.5 Å². The maximum Gasteiger partial charge on any atom is 0.222 e. The standard InChI is InChI=1S/C17H26N4O/c18-16-19-14-7-3-2-6-13(14)15(20-16)21-10-11-22-17(12-21)8-4-1-5-9-17/h1-12H2,(H2,18,19,20). The summed E-state index contributed by atoms with van der Waals surface area (Å²) in [5, 5.41) is 0. The lowest BCUT2D eigenvalue weighted by Gasteiger charge is -2.46. The van der Waals surface area contributed by atoms with Crippen LogP contribution >= 0.6 is 0 Å². The van der Waals surface area contributed by atoms with Crippen LogP contribution in [0.15, 0.2) is 0 Å². The molecule has 1 spiro atoms. The van der Waals surface area contributed by atoms with E-state index in [0.29, 0.717) is 5.95 Å². The fourth-order valence-corrected chi connectivity index (χ4v) is 4.38. The summed E-state index contributed by atoms with van der Waals surface area (Å²) in [4.78, 5) is 11.5. The smallest absolute Gasteiger partial charge is 0.222 e. The Hall–Kier alpha value is -1.36. The number of hydrogen-bond acceptors (Lipinski definition) is 5. The van der Waals surface area contributed by atoms with Crippen LogP contribution in [0.5, 0.6) is 0 Å². The zero-order chi connectivity index (χ0) is 15.0. The van der Waals surface area contributed by atoms with Gasteiger partial charge in [-0.2, -0.15) is 4.98 Å². The molecule has 5 nitrogen and oxygen atoms in total. The van der Waals surface area contributed by atoms with Gasteiger partial charge in [-0.05, 0) is 38.5 Å². The molecule has 0 amide bonds. The number of hydrogen-bond donors (Lipinski definition) is 1. The van der Waals surface area contributed by atoms with Gasteiger partial charge in [0.1, 0.15) is 5.82 Å². The van der Waals surface area contributed by atoms with E-state index in [1.54, 1.807) is 0 Å². The number of nitrogens with two attached hydrogens (primary N) is 1. The van der Waals surface area contributed by atoms with Crippen LogP contribution in [-0.4, -0.2) is 35.3 Å². The van der Waals surface area contributed by atoms with Crippen molar-refractivity contribution in [2.24, 2.45) is 0 Å². The first-order chi connectivity index (χ1) is 10.8. The number of nitrogens with zero attached hydrogens (tertiary/aromatic N) is 3.